The molecule has 0 amide bonds. The van der Waals surface area contributed by atoms with Crippen LogP contribution in [0.5, 0.6) is 5.75 Å². The molecule has 0 N–H and O–H groups in total. The average Bonchev–Trinajstić information content (AvgIpc) is 2.75. The molecule has 0 unspecified atom stereocenters. The van der Waals surface area contributed by atoms with Crippen molar-refractivity contribution in [2.24, 2.45) is 11.8 Å². The molecule has 1 aliphatic carbocycles. The number of hydrogen-bond acceptors (Lipinski definition) is 1. The fourth-order valence-electron chi connectivity index (χ4n) is 6.07. The van der Waals surface area contributed by atoms with E-state index in [9.17, 15) is 0 Å². The lowest BCUT2D eigenvalue weighted by Crippen LogP contribution is -2.28. The maximum Gasteiger partial charge on any atom is 0.119 e. The molecule has 1 nitrogen and oxygen atoms in total. The van der Waals surface area contributed by atoms with Crippen LogP contribution in [0, 0.1) is 11.8 Å². The van der Waals surface area contributed by atoms with Gasteiger partial charge in [-0.3, -0.25) is 0 Å². The van der Waals surface area contributed by atoms with Crippen LogP contribution in [0.25, 0.3) is 0 Å². The first-order valence-electron chi connectivity index (χ1n) is 13.0. The summed E-state index contributed by atoms with van der Waals surface area (Å²) in [6, 6.07) is 14.1. The summed E-state index contributed by atoms with van der Waals surface area (Å²) in [6.45, 7) is 6.74. The molecule has 0 radical (unpaired) electrons. The number of benzene rings is 1. The fraction of sp³-hybridized carbons (Fsp3) is 0.778. The van der Waals surface area contributed by atoms with E-state index in [-0.39, 0.29) is 8.80 Å². The summed E-state index contributed by atoms with van der Waals surface area (Å²) >= 11 is 0. The SMILES string of the molecule is CCCCC[SiH]1CCC([C@H]2CC[C@H](c3ccc(O[C@@H](C)CCC)cc3)CC2)CC1. The third-order valence-electron chi connectivity index (χ3n) is 7.93. The van der Waals surface area contributed by atoms with Crippen molar-refractivity contribution in [3.63, 3.8) is 0 Å². The van der Waals surface area contributed by atoms with E-state index in [1.165, 1.54) is 51.4 Å². The minimum absolute atomic E-state index is 0.325. The van der Waals surface area contributed by atoms with E-state index < -0.39 is 0 Å². The standard InChI is InChI=1S/C27H46OSi/c1-4-6-7-19-29-20-17-26(18-21-29)24-11-9-23(10-12-24)25-13-15-27(16-14-25)28-22(3)8-5-2/h13-16,22-24,26,29H,4-12,17-21H2,1-3H3/t22-,23-,24-,26?,29?/m0/s1. The van der Waals surface area contributed by atoms with Crippen LogP contribution in [-0.4, -0.2) is 14.9 Å². The van der Waals surface area contributed by atoms with Crippen molar-refractivity contribution in [1.82, 2.24) is 0 Å². The Morgan fingerprint density at radius 3 is 2.14 bits per heavy atom. The van der Waals surface area contributed by atoms with E-state index in [0.29, 0.717) is 6.10 Å². The monoisotopic (exact) mass is 414 g/mol. The predicted molar refractivity (Wildman–Crippen MR) is 130 cm³/mol. The minimum Gasteiger partial charge on any atom is -0.491 e. The normalized spacial score (nSPS) is 28.8. The molecule has 164 valence electrons. The van der Waals surface area contributed by atoms with Gasteiger partial charge in [0.1, 0.15) is 5.75 Å². The van der Waals surface area contributed by atoms with Crippen molar-refractivity contribution in [3.8, 4) is 5.75 Å². The highest BCUT2D eigenvalue weighted by Gasteiger charge is 2.31. The van der Waals surface area contributed by atoms with E-state index in [0.717, 1.165) is 29.9 Å². The zero-order valence-electron chi connectivity index (χ0n) is 19.5. The van der Waals surface area contributed by atoms with E-state index in [4.69, 9.17) is 4.74 Å². The van der Waals surface area contributed by atoms with Crippen molar-refractivity contribution in [2.45, 2.75) is 122 Å². The molecule has 0 aromatic heterocycles. The van der Waals surface area contributed by atoms with Gasteiger partial charge in [0.25, 0.3) is 0 Å². The summed E-state index contributed by atoms with van der Waals surface area (Å²) in [4.78, 5) is 0. The smallest absolute Gasteiger partial charge is 0.119 e. The Labute approximate surface area is 182 Å². The molecule has 1 saturated carbocycles. The molecular weight excluding hydrogens is 368 g/mol. The molecular formula is C27H46OSi. The molecule has 2 fully saturated rings. The number of rotatable bonds is 10. The largest absolute Gasteiger partial charge is 0.491 e. The quantitative estimate of drug-likeness (QED) is 0.276. The third-order valence-corrected chi connectivity index (χ3v) is 11.5. The van der Waals surface area contributed by atoms with E-state index in [1.807, 2.05) is 0 Å². The van der Waals surface area contributed by atoms with Gasteiger partial charge < -0.3 is 4.74 Å². The Morgan fingerprint density at radius 2 is 1.52 bits per heavy atom. The van der Waals surface area contributed by atoms with Crippen molar-refractivity contribution in [2.75, 3.05) is 0 Å². The number of unbranched alkanes of at least 4 members (excludes halogenated alkanes) is 2. The molecule has 0 spiro atoms. The van der Waals surface area contributed by atoms with Gasteiger partial charge >= 0.3 is 0 Å². The van der Waals surface area contributed by atoms with Crippen LogP contribution in [-0.2, 0) is 0 Å². The van der Waals surface area contributed by atoms with Crippen LogP contribution in [0.3, 0.4) is 0 Å². The number of hydrogen-bond donors (Lipinski definition) is 0. The van der Waals surface area contributed by atoms with Crippen LogP contribution in [0.2, 0.25) is 18.1 Å². The van der Waals surface area contributed by atoms with Crippen LogP contribution in [0.4, 0.5) is 0 Å². The first-order valence-corrected chi connectivity index (χ1v) is 15.4. The van der Waals surface area contributed by atoms with E-state index in [1.54, 1.807) is 36.5 Å². The highest BCUT2D eigenvalue weighted by Crippen LogP contribution is 2.43. The van der Waals surface area contributed by atoms with Crippen LogP contribution < -0.4 is 4.74 Å². The molecule has 1 heterocycles. The van der Waals surface area contributed by atoms with Gasteiger partial charge in [0, 0.05) is 8.80 Å². The first-order chi connectivity index (χ1) is 14.2. The first kappa shape index (κ1) is 22.9. The Hall–Kier alpha value is -0.763. The summed E-state index contributed by atoms with van der Waals surface area (Å²) in [5.41, 5.74) is 1.55. The Bertz CT molecular complexity index is 552. The Morgan fingerprint density at radius 1 is 0.862 bits per heavy atom. The van der Waals surface area contributed by atoms with Gasteiger partial charge in [0.15, 0.2) is 0 Å². The van der Waals surface area contributed by atoms with Crippen molar-refractivity contribution in [3.05, 3.63) is 29.8 Å². The van der Waals surface area contributed by atoms with Gasteiger partial charge in [0.2, 0.25) is 0 Å². The molecule has 2 heteroatoms. The minimum atomic E-state index is -0.344. The maximum absolute atomic E-state index is 6.04. The predicted octanol–water partition coefficient (Wildman–Crippen LogP) is 8.36. The fourth-order valence-corrected chi connectivity index (χ4v) is 9.60. The molecule has 2 aliphatic rings. The van der Waals surface area contributed by atoms with Gasteiger partial charge in [-0.05, 0) is 74.5 Å². The van der Waals surface area contributed by atoms with Crippen LogP contribution in [0.1, 0.15) is 103 Å². The second-order valence-corrected chi connectivity index (χ2v) is 13.6. The molecule has 1 aromatic carbocycles. The van der Waals surface area contributed by atoms with Gasteiger partial charge in [0.05, 0.1) is 6.10 Å². The summed E-state index contributed by atoms with van der Waals surface area (Å²) in [5, 5.41) is 0. The lowest BCUT2D eigenvalue weighted by molar-refractivity contribution is 0.209. The Kier molecular flexibility index (Phi) is 9.62. The summed E-state index contributed by atoms with van der Waals surface area (Å²) in [6.07, 6.45) is 16.0. The lowest BCUT2D eigenvalue weighted by atomic mass is 9.72. The third kappa shape index (κ3) is 7.16. The molecule has 29 heavy (non-hydrogen) atoms. The van der Waals surface area contributed by atoms with Gasteiger partial charge in [-0.2, -0.15) is 0 Å². The van der Waals surface area contributed by atoms with Crippen LogP contribution in [0.15, 0.2) is 24.3 Å². The zero-order chi connectivity index (χ0) is 20.5. The van der Waals surface area contributed by atoms with Crippen molar-refractivity contribution in [1.29, 1.82) is 0 Å². The zero-order valence-corrected chi connectivity index (χ0v) is 20.7. The van der Waals surface area contributed by atoms with Crippen LogP contribution >= 0.6 is 0 Å². The maximum atomic E-state index is 6.04. The van der Waals surface area contributed by atoms with Gasteiger partial charge in [-0.25, -0.2) is 0 Å². The number of ether oxygens (including phenoxy) is 1. The topological polar surface area (TPSA) is 9.23 Å². The molecule has 0 bridgehead atoms. The second-order valence-electron chi connectivity index (χ2n) is 10.2. The lowest BCUT2D eigenvalue weighted by Gasteiger charge is -2.37. The van der Waals surface area contributed by atoms with E-state index in [2.05, 4.69) is 45.0 Å². The van der Waals surface area contributed by atoms with E-state index >= 15 is 0 Å². The highest BCUT2D eigenvalue weighted by molar-refractivity contribution is 6.58. The summed E-state index contributed by atoms with van der Waals surface area (Å²) < 4.78 is 6.04. The second kappa shape index (κ2) is 12.2. The molecule has 1 aliphatic heterocycles. The molecule has 1 saturated heterocycles. The molecule has 1 aromatic rings. The highest BCUT2D eigenvalue weighted by atomic mass is 28.3. The molecule has 1 atom stereocenters. The molecule has 3 rings (SSSR count). The average molecular weight is 415 g/mol. The van der Waals surface area contributed by atoms with Gasteiger partial charge in [-0.1, -0.05) is 82.6 Å². The Balaban J connectivity index is 1.39. The van der Waals surface area contributed by atoms with Crippen molar-refractivity contribution >= 4 is 8.80 Å². The van der Waals surface area contributed by atoms with Crippen molar-refractivity contribution < 1.29 is 4.74 Å². The summed E-state index contributed by atoms with van der Waals surface area (Å²) in [7, 11) is -0.344. The van der Waals surface area contributed by atoms with Gasteiger partial charge in [-0.15, -0.1) is 0 Å². The summed E-state index contributed by atoms with van der Waals surface area (Å²) in [5.74, 6) is 3.94.